The summed E-state index contributed by atoms with van der Waals surface area (Å²) in [7, 11) is 0. The van der Waals surface area contributed by atoms with Gasteiger partial charge in [0.25, 0.3) is 0 Å². The van der Waals surface area contributed by atoms with Gasteiger partial charge < -0.3 is 10.1 Å². The molecule has 1 fully saturated rings. The Morgan fingerprint density at radius 2 is 2.10 bits per heavy atom. The first-order chi connectivity index (χ1) is 10.3. The molecule has 1 aromatic heterocycles. The Morgan fingerprint density at radius 1 is 1.29 bits per heavy atom. The largest absolute Gasteiger partial charge is 0.381 e. The van der Waals surface area contributed by atoms with Crippen LogP contribution in [0, 0.1) is 17.2 Å². The third-order valence-corrected chi connectivity index (χ3v) is 5.53. The molecule has 1 N–H and O–H groups in total. The molecule has 0 saturated carbocycles. The molecule has 1 saturated heterocycles. The Labute approximate surface area is 129 Å². The molecule has 0 radical (unpaired) electrons. The van der Waals surface area contributed by atoms with E-state index in [0.29, 0.717) is 18.8 Å². The lowest BCUT2D eigenvalue weighted by molar-refractivity contribution is -0.119. The minimum absolute atomic E-state index is 0.00165. The number of hydrogen-bond donors (Lipinski definition) is 1. The summed E-state index contributed by atoms with van der Waals surface area (Å²) in [5, 5.41) is 13.2. The van der Waals surface area contributed by atoms with Crippen LogP contribution in [0.4, 0.5) is 5.00 Å². The lowest BCUT2D eigenvalue weighted by Crippen LogP contribution is -2.22. The fourth-order valence-corrected chi connectivity index (χ4v) is 4.32. The topological polar surface area (TPSA) is 62.1 Å². The van der Waals surface area contributed by atoms with E-state index in [1.807, 2.05) is 0 Å². The van der Waals surface area contributed by atoms with Crippen molar-refractivity contribution in [2.45, 2.75) is 44.9 Å². The number of nitrogens with zero attached hydrogens (tertiary/aromatic N) is 1. The summed E-state index contributed by atoms with van der Waals surface area (Å²) in [6, 6.07) is 2.31. The first-order valence-corrected chi connectivity index (χ1v) is 8.54. The van der Waals surface area contributed by atoms with Gasteiger partial charge in [-0.15, -0.1) is 11.3 Å². The number of carbonyl (C=O) groups excluding carboxylic acids is 1. The average molecular weight is 304 g/mol. The second-order valence-corrected chi connectivity index (χ2v) is 6.89. The third-order valence-electron chi connectivity index (χ3n) is 4.32. The molecule has 21 heavy (non-hydrogen) atoms. The Kier molecular flexibility index (Phi) is 4.57. The molecular formula is C16H20N2O2S. The fraction of sp³-hybridized carbons (Fsp3) is 0.625. The van der Waals surface area contributed by atoms with Crippen LogP contribution in [0.25, 0.3) is 0 Å². The quantitative estimate of drug-likeness (QED) is 0.912. The highest BCUT2D eigenvalue weighted by molar-refractivity contribution is 7.16. The summed E-state index contributed by atoms with van der Waals surface area (Å²) in [6.07, 6.45) is 7.61. The molecule has 0 spiro atoms. The number of ether oxygens (including phenoxy) is 1. The first kappa shape index (κ1) is 14.6. The van der Waals surface area contributed by atoms with Gasteiger partial charge in [-0.3, -0.25) is 4.79 Å². The summed E-state index contributed by atoms with van der Waals surface area (Å²) in [4.78, 5) is 13.5. The number of hydrogen-bond acceptors (Lipinski definition) is 4. The molecule has 1 atom stereocenters. The van der Waals surface area contributed by atoms with E-state index in [2.05, 4.69) is 11.4 Å². The average Bonchev–Trinajstić information content (AvgIpc) is 3.07. The predicted octanol–water partition coefficient (Wildman–Crippen LogP) is 3.25. The highest BCUT2D eigenvalue weighted by atomic mass is 32.1. The van der Waals surface area contributed by atoms with Crippen molar-refractivity contribution in [3.63, 3.8) is 0 Å². The van der Waals surface area contributed by atoms with Gasteiger partial charge in [0, 0.05) is 11.5 Å². The third kappa shape index (κ3) is 3.12. The number of amides is 1. The normalized spacial score (nSPS) is 22.0. The molecule has 0 unspecified atom stereocenters. The summed E-state index contributed by atoms with van der Waals surface area (Å²) >= 11 is 1.60. The monoisotopic (exact) mass is 304 g/mol. The molecule has 5 heteroatoms. The van der Waals surface area contributed by atoms with Gasteiger partial charge in [-0.05, 0) is 37.7 Å². The van der Waals surface area contributed by atoms with Gasteiger partial charge in [-0.2, -0.15) is 5.26 Å². The van der Waals surface area contributed by atoms with Crippen molar-refractivity contribution in [1.82, 2.24) is 0 Å². The van der Waals surface area contributed by atoms with Gasteiger partial charge >= 0.3 is 0 Å². The molecule has 4 nitrogen and oxygen atoms in total. The number of nitrogens with one attached hydrogen (secondary N) is 1. The zero-order valence-electron chi connectivity index (χ0n) is 12.1. The first-order valence-electron chi connectivity index (χ1n) is 7.73. The van der Waals surface area contributed by atoms with Crippen molar-refractivity contribution in [1.29, 1.82) is 5.26 Å². The number of carbonyl (C=O) groups is 1. The Bertz CT molecular complexity index is 568. The van der Waals surface area contributed by atoms with Gasteiger partial charge in [-0.1, -0.05) is 12.8 Å². The Hall–Kier alpha value is -1.38. The van der Waals surface area contributed by atoms with Crippen LogP contribution in [-0.4, -0.2) is 19.1 Å². The number of rotatable bonds is 2. The van der Waals surface area contributed by atoms with Crippen molar-refractivity contribution in [2.24, 2.45) is 5.92 Å². The summed E-state index contributed by atoms with van der Waals surface area (Å²) < 4.78 is 5.26. The summed E-state index contributed by atoms with van der Waals surface area (Å²) in [6.45, 7) is 1.16. The van der Waals surface area contributed by atoms with Crippen LogP contribution < -0.4 is 5.32 Å². The van der Waals surface area contributed by atoms with Crippen LogP contribution in [0.15, 0.2) is 0 Å². The van der Waals surface area contributed by atoms with Crippen LogP contribution in [0.3, 0.4) is 0 Å². The number of anilines is 1. The van der Waals surface area contributed by atoms with E-state index in [4.69, 9.17) is 4.74 Å². The van der Waals surface area contributed by atoms with Crippen LogP contribution in [0.2, 0.25) is 0 Å². The van der Waals surface area contributed by atoms with Gasteiger partial charge in [0.1, 0.15) is 11.1 Å². The van der Waals surface area contributed by atoms with Crippen LogP contribution in [0.5, 0.6) is 0 Å². The molecular weight excluding hydrogens is 284 g/mol. The van der Waals surface area contributed by atoms with Crippen LogP contribution in [-0.2, 0) is 22.4 Å². The zero-order valence-corrected chi connectivity index (χ0v) is 12.9. The molecule has 2 heterocycles. The lowest BCUT2D eigenvalue weighted by Gasteiger charge is -2.09. The van der Waals surface area contributed by atoms with E-state index < -0.39 is 0 Å². The second kappa shape index (κ2) is 6.59. The number of thiophene rings is 1. The molecule has 0 aromatic carbocycles. The van der Waals surface area contributed by atoms with E-state index >= 15 is 0 Å². The maximum Gasteiger partial charge on any atom is 0.230 e. The fourth-order valence-electron chi connectivity index (χ4n) is 3.08. The highest BCUT2D eigenvalue weighted by Gasteiger charge is 2.26. The molecule has 0 bridgehead atoms. The minimum Gasteiger partial charge on any atom is -0.381 e. The molecule has 1 aliphatic heterocycles. The Balaban J connectivity index is 1.82. The molecule has 3 rings (SSSR count). The second-order valence-electron chi connectivity index (χ2n) is 5.78. The maximum atomic E-state index is 12.2. The lowest BCUT2D eigenvalue weighted by atomic mass is 9.97. The number of nitriles is 1. The van der Waals surface area contributed by atoms with Crippen LogP contribution >= 0.6 is 11.3 Å². The maximum absolute atomic E-state index is 12.2. The zero-order chi connectivity index (χ0) is 14.7. The van der Waals surface area contributed by atoms with Crippen molar-refractivity contribution in [3.8, 4) is 6.07 Å². The van der Waals surface area contributed by atoms with E-state index in [1.54, 1.807) is 11.3 Å². The van der Waals surface area contributed by atoms with Gasteiger partial charge in [0.15, 0.2) is 0 Å². The van der Waals surface area contributed by atoms with Gasteiger partial charge in [0.2, 0.25) is 5.91 Å². The van der Waals surface area contributed by atoms with Crippen molar-refractivity contribution < 1.29 is 9.53 Å². The van der Waals surface area contributed by atoms with Crippen LogP contribution in [0.1, 0.15) is 48.1 Å². The van der Waals surface area contributed by atoms with Crippen molar-refractivity contribution in [2.75, 3.05) is 18.5 Å². The summed E-state index contributed by atoms with van der Waals surface area (Å²) in [5.41, 5.74) is 1.88. The minimum atomic E-state index is -0.0683. The van der Waals surface area contributed by atoms with E-state index in [1.165, 1.54) is 29.7 Å². The SMILES string of the molecule is N#Cc1c(NC(=O)[C@@H]2CCOC2)sc2c1CCCCCC2. The highest BCUT2D eigenvalue weighted by Crippen LogP contribution is 2.36. The molecule has 1 aliphatic carbocycles. The van der Waals surface area contributed by atoms with Gasteiger partial charge in [0.05, 0.1) is 18.1 Å². The molecule has 1 aromatic rings. The van der Waals surface area contributed by atoms with Gasteiger partial charge in [-0.25, -0.2) is 0 Å². The standard InChI is InChI=1S/C16H20N2O2S/c17-9-13-12-5-3-1-2-4-6-14(12)21-16(13)18-15(19)11-7-8-20-10-11/h11H,1-8,10H2,(H,18,19)/t11-/m1/s1. The Morgan fingerprint density at radius 3 is 2.81 bits per heavy atom. The van der Waals surface area contributed by atoms with E-state index in [-0.39, 0.29) is 11.8 Å². The number of aryl methyl sites for hydroxylation is 1. The van der Waals surface area contributed by atoms with E-state index in [9.17, 15) is 10.1 Å². The summed E-state index contributed by atoms with van der Waals surface area (Å²) in [5.74, 6) is -0.0700. The molecule has 1 amide bonds. The van der Waals surface area contributed by atoms with E-state index in [0.717, 1.165) is 30.7 Å². The van der Waals surface area contributed by atoms with Crippen molar-refractivity contribution in [3.05, 3.63) is 16.0 Å². The number of fused-ring (bicyclic) bond motifs is 1. The molecule has 112 valence electrons. The smallest absolute Gasteiger partial charge is 0.230 e. The van der Waals surface area contributed by atoms with Crippen molar-refractivity contribution >= 4 is 22.2 Å². The molecule has 2 aliphatic rings. The predicted molar refractivity (Wildman–Crippen MR) is 82.5 cm³/mol.